The van der Waals surface area contributed by atoms with Gasteiger partial charge in [0.05, 0.1) is 0 Å². The van der Waals surface area contributed by atoms with Crippen molar-refractivity contribution in [3.8, 4) is 0 Å². The Morgan fingerprint density at radius 1 is 0.500 bits per heavy atom. The lowest BCUT2D eigenvalue weighted by Crippen LogP contribution is -2.80. The van der Waals surface area contributed by atoms with Crippen molar-refractivity contribution in [2.24, 2.45) is 0 Å². The molecule has 16 nitrogen and oxygen atoms in total. The van der Waals surface area contributed by atoms with Crippen molar-refractivity contribution in [3.63, 3.8) is 0 Å². The Morgan fingerprint density at radius 2 is 0.650 bits per heavy atom. The molecular weight excluding hydrogens is 380 g/mol. The van der Waals surface area contributed by atoms with Gasteiger partial charge in [-0.05, 0) is 0 Å². The standard InChI is InChI=1S/H2N2O14S4/c3-17(4,5)1(18(6,7)8)15-2(16-1,19(9,10)11)20(12,13)14/h(H2-2,3,4,5,6,7,8,9,10,11,12,13,14)/p+2. The average Bonchev–Trinajstić information content (AvgIpc) is 1.87. The summed E-state index contributed by atoms with van der Waals surface area (Å²) in [6, 6.07) is 0. The van der Waals surface area contributed by atoms with E-state index in [9.17, 15) is 33.7 Å². The van der Waals surface area contributed by atoms with Crippen LogP contribution in [0.5, 0.6) is 0 Å². The molecule has 1 rings (SSSR count). The first-order chi connectivity index (χ1) is 8.41. The molecule has 120 valence electrons. The van der Waals surface area contributed by atoms with E-state index in [0.717, 1.165) is 0 Å². The molecule has 0 amide bonds. The van der Waals surface area contributed by atoms with Crippen molar-refractivity contribution >= 4 is 41.2 Å². The Labute approximate surface area is 110 Å². The van der Waals surface area contributed by atoms with Crippen LogP contribution < -0.4 is 0 Å². The molecule has 0 saturated carbocycles. The first kappa shape index (κ1) is 17.5. The van der Waals surface area contributed by atoms with E-state index in [0.29, 0.717) is 0 Å². The maximum Gasteiger partial charge on any atom is 0.527 e. The molecule has 0 aromatic carbocycles. The highest BCUT2D eigenvalue weighted by atomic mass is 32.3. The molecule has 0 bridgehead atoms. The zero-order chi connectivity index (χ0) is 16.4. The molecule has 0 aliphatic carbocycles. The Kier molecular flexibility index (Phi) is 3.52. The summed E-state index contributed by atoms with van der Waals surface area (Å²) in [5, 5.41) is 0. The fourth-order valence-electron chi connectivity index (χ4n) is 0.826. The van der Waals surface area contributed by atoms with Crippen LogP contribution in [0.25, 0.3) is 0 Å². The van der Waals surface area contributed by atoms with Crippen LogP contribution in [-0.2, 0) is 51.1 Å². The van der Waals surface area contributed by atoms with Gasteiger partial charge < -0.3 is 0 Å². The lowest BCUT2D eigenvalue weighted by Gasteiger charge is -2.32. The van der Waals surface area contributed by atoms with Crippen LogP contribution in [0.3, 0.4) is 0 Å². The van der Waals surface area contributed by atoms with Crippen molar-refractivity contribution in [1.29, 1.82) is 0 Å². The van der Waals surface area contributed by atoms with Crippen LogP contribution in [-0.4, -0.2) is 59.1 Å². The van der Waals surface area contributed by atoms with Gasteiger partial charge in [-0.2, -0.15) is 0 Å². The number of hydrogen-bond donors (Lipinski definition) is 4. The van der Waals surface area contributed by atoms with Crippen molar-refractivity contribution in [2.45, 2.75) is 0 Å². The van der Waals surface area contributed by atoms with Crippen LogP contribution in [0.1, 0.15) is 0 Å². The van der Waals surface area contributed by atoms with E-state index in [1.807, 2.05) is 0 Å². The Morgan fingerprint density at radius 3 is 0.750 bits per heavy atom. The molecule has 4 N–H and O–H groups in total. The SMILES string of the molecule is O=S(=O)(O)[N+]1(S(=O)(=O)O)O[N+](S(=O)(=O)O)(S(=O)(=O)O)O1. The van der Waals surface area contributed by atoms with Gasteiger partial charge in [0.1, 0.15) is 0 Å². The van der Waals surface area contributed by atoms with Gasteiger partial charge in [-0.25, -0.2) is 18.2 Å². The fourth-order valence-corrected chi connectivity index (χ4v) is 4.49. The van der Waals surface area contributed by atoms with E-state index in [2.05, 4.69) is 9.88 Å². The molecule has 0 aromatic rings. The van der Waals surface area contributed by atoms with E-state index in [-0.39, 0.29) is 0 Å². The molecule has 1 heterocycles. The number of quaternary nitrogens is 2. The first-order valence-corrected chi connectivity index (χ1v) is 9.11. The van der Waals surface area contributed by atoms with Crippen LogP contribution in [0.4, 0.5) is 0 Å². The lowest BCUT2D eigenvalue weighted by atomic mass is 12.7. The molecule has 0 aromatic heterocycles. The maximum atomic E-state index is 10.7. The topological polar surface area (TPSA) is 236 Å². The van der Waals surface area contributed by atoms with Gasteiger partial charge in [-0.15, -0.1) is 33.7 Å². The summed E-state index contributed by atoms with van der Waals surface area (Å²) in [4.78, 5) is 6.55. The van der Waals surface area contributed by atoms with Gasteiger partial charge in [0, 0.05) is 0 Å². The number of hydrogen-bond acceptors (Lipinski definition) is 10. The molecule has 20 heteroatoms. The van der Waals surface area contributed by atoms with Gasteiger partial charge in [-0.3, -0.25) is 0 Å². The first-order valence-electron chi connectivity index (χ1n) is 3.52. The lowest BCUT2D eigenvalue weighted by molar-refractivity contribution is -1.52. The minimum Gasteiger partial charge on any atom is -0.235 e. The smallest absolute Gasteiger partial charge is 0.235 e. The summed E-state index contributed by atoms with van der Waals surface area (Å²) in [5.41, 5.74) is 0. The highest BCUT2D eigenvalue weighted by Gasteiger charge is 2.93. The highest BCUT2D eigenvalue weighted by molar-refractivity contribution is 7.93. The van der Waals surface area contributed by atoms with Gasteiger partial charge in [0.2, 0.25) is 0 Å². The van der Waals surface area contributed by atoms with Crippen molar-refractivity contribution in [3.05, 3.63) is 0 Å². The summed E-state index contributed by atoms with van der Waals surface area (Å²) < 4.78 is 112. The largest absolute Gasteiger partial charge is 0.527 e. The third kappa shape index (κ3) is 2.11. The van der Waals surface area contributed by atoms with E-state index in [1.165, 1.54) is 0 Å². The van der Waals surface area contributed by atoms with Crippen molar-refractivity contribution in [2.75, 3.05) is 0 Å². The van der Waals surface area contributed by atoms with E-state index in [4.69, 9.17) is 18.2 Å². The molecule has 0 atom stereocenters. The molecule has 1 aliphatic rings. The van der Waals surface area contributed by atoms with Gasteiger partial charge in [0.15, 0.2) is 9.88 Å². The summed E-state index contributed by atoms with van der Waals surface area (Å²) in [6.45, 7) is 0. The van der Waals surface area contributed by atoms with Crippen LogP contribution >= 0.6 is 0 Å². The van der Waals surface area contributed by atoms with E-state index >= 15 is 0 Å². The Bertz CT molecular complexity index is 688. The molecule has 0 unspecified atom stereocenters. The maximum absolute atomic E-state index is 10.7. The average molecular weight is 384 g/mol. The minimum atomic E-state index is -6.19. The zero-order valence-electron chi connectivity index (χ0n) is 8.40. The monoisotopic (exact) mass is 384 g/mol. The van der Waals surface area contributed by atoms with Gasteiger partial charge in [0.25, 0.3) is 0 Å². The van der Waals surface area contributed by atoms with Crippen LogP contribution in [0.2, 0.25) is 0 Å². The second-order valence-corrected chi connectivity index (χ2v) is 8.82. The highest BCUT2D eigenvalue weighted by Crippen LogP contribution is 2.44. The predicted molar refractivity (Wildman–Crippen MR) is 48.9 cm³/mol. The fraction of sp³-hybridized carbons (Fsp3) is 0. The summed E-state index contributed by atoms with van der Waals surface area (Å²) in [6.07, 6.45) is 0. The Balaban J connectivity index is 3.66. The summed E-state index contributed by atoms with van der Waals surface area (Å²) in [7, 11) is -24.8. The molecule has 1 fully saturated rings. The van der Waals surface area contributed by atoms with Gasteiger partial charge >= 0.3 is 48.5 Å². The Hall–Kier alpha value is -0.520. The predicted octanol–water partition coefficient (Wildman–Crippen LogP) is -3.46. The number of rotatable bonds is 4. The molecule has 0 spiro atoms. The minimum absolute atomic E-state index is 3.27. The molecule has 1 aliphatic heterocycles. The normalized spacial score (nSPS) is 23.0. The van der Waals surface area contributed by atoms with Crippen molar-refractivity contribution in [1.82, 2.24) is 0 Å². The third-order valence-corrected chi connectivity index (χ3v) is 6.58. The second-order valence-electron chi connectivity index (χ2n) is 2.85. The zero-order valence-corrected chi connectivity index (χ0v) is 11.7. The third-order valence-electron chi connectivity index (χ3n) is 1.53. The molecule has 0 radical (unpaired) electrons. The van der Waals surface area contributed by atoms with E-state index in [1.54, 1.807) is 0 Å². The van der Waals surface area contributed by atoms with E-state index < -0.39 is 48.5 Å². The van der Waals surface area contributed by atoms with Crippen LogP contribution in [0.15, 0.2) is 0 Å². The second kappa shape index (κ2) is 4.02. The van der Waals surface area contributed by atoms with Crippen molar-refractivity contribution < 1.29 is 69.0 Å². The summed E-state index contributed by atoms with van der Waals surface area (Å²) in [5.74, 6) is 0. The quantitative estimate of drug-likeness (QED) is 0.272. The molecule has 20 heavy (non-hydrogen) atoms. The molecular formula is H4N2O14S4+2. The summed E-state index contributed by atoms with van der Waals surface area (Å²) >= 11 is 0. The number of nitrogens with zero attached hydrogens (tertiary/aromatic N) is 2. The van der Waals surface area contributed by atoms with Crippen LogP contribution in [0, 0.1) is 0 Å². The molecule has 1 saturated heterocycles. The van der Waals surface area contributed by atoms with Gasteiger partial charge in [-0.1, -0.05) is 0 Å².